The van der Waals surface area contributed by atoms with Gasteiger partial charge in [-0.1, -0.05) is 87.7 Å². The minimum Gasteiger partial charge on any atom is -0.489 e. The Kier molecular flexibility index (Phi) is 8.89. The van der Waals surface area contributed by atoms with Crippen LogP contribution < -0.4 is 19.7 Å². The Balaban J connectivity index is 1.29. The zero-order valence-electron chi connectivity index (χ0n) is 23.4. The number of hydrogen-bond acceptors (Lipinski definition) is 5. The third-order valence-corrected chi connectivity index (χ3v) is 8.38. The summed E-state index contributed by atoms with van der Waals surface area (Å²) in [5.74, 6) is -0.587. The fourth-order valence-corrected chi connectivity index (χ4v) is 5.40. The molecule has 0 saturated carbocycles. The van der Waals surface area contributed by atoms with E-state index in [4.69, 9.17) is 32.7 Å². The lowest BCUT2D eigenvalue weighted by atomic mass is 9.99. The molecule has 7 nitrogen and oxygen atoms in total. The standard InChI is InChI=1S/C35H23BrCl2N2O5/c36-24-9-5-21(6-10-24)19-44-26-13-11-25(12-14-26)40-34(42)29(33(41)39-35(40)43)18-28-27-4-2-1-3-23(27)8-16-32(28)45-20-22-7-15-30(37)31(38)17-22/h1-18H,19-20H2,(H,39,41,43)/b29-18+. The number of rotatable bonds is 8. The normalized spacial score (nSPS) is 14.2. The molecule has 0 radical (unpaired) electrons. The molecule has 0 aliphatic carbocycles. The molecule has 5 aromatic rings. The van der Waals surface area contributed by atoms with Crippen LogP contribution in [0, 0.1) is 0 Å². The van der Waals surface area contributed by atoms with Gasteiger partial charge in [-0.15, -0.1) is 0 Å². The number of nitrogens with zero attached hydrogens (tertiary/aromatic N) is 1. The Labute approximate surface area is 277 Å². The van der Waals surface area contributed by atoms with Crippen LogP contribution in [0.25, 0.3) is 16.8 Å². The number of halogens is 3. The maximum Gasteiger partial charge on any atom is 0.335 e. The fourth-order valence-electron chi connectivity index (χ4n) is 4.82. The number of carbonyl (C=O) groups excluding carboxylic acids is 3. The van der Waals surface area contributed by atoms with Crippen LogP contribution in [-0.2, 0) is 22.8 Å². The highest BCUT2D eigenvalue weighted by Gasteiger charge is 2.37. The Morgan fingerprint density at radius 1 is 0.756 bits per heavy atom. The summed E-state index contributed by atoms with van der Waals surface area (Å²) in [6, 6.07) is 29.8. The minimum absolute atomic E-state index is 0.159. The van der Waals surface area contributed by atoms with Crippen LogP contribution in [0.5, 0.6) is 11.5 Å². The van der Waals surface area contributed by atoms with Crippen molar-refractivity contribution in [2.45, 2.75) is 13.2 Å². The van der Waals surface area contributed by atoms with Gasteiger partial charge in [-0.25, -0.2) is 9.69 Å². The molecule has 0 spiro atoms. The largest absolute Gasteiger partial charge is 0.489 e. The lowest BCUT2D eigenvalue weighted by Gasteiger charge is -2.26. The van der Waals surface area contributed by atoms with Crippen LogP contribution >= 0.6 is 39.1 Å². The molecule has 0 unspecified atom stereocenters. The van der Waals surface area contributed by atoms with E-state index in [1.165, 1.54) is 6.08 Å². The van der Waals surface area contributed by atoms with Crippen molar-refractivity contribution in [3.05, 3.63) is 140 Å². The Hall–Kier alpha value is -4.63. The van der Waals surface area contributed by atoms with E-state index in [9.17, 15) is 14.4 Å². The van der Waals surface area contributed by atoms with E-state index in [1.807, 2.05) is 54.6 Å². The van der Waals surface area contributed by atoms with Crippen LogP contribution in [-0.4, -0.2) is 17.8 Å². The number of fused-ring (bicyclic) bond motifs is 1. The summed E-state index contributed by atoms with van der Waals surface area (Å²) in [6.45, 7) is 0.504. The van der Waals surface area contributed by atoms with Crippen molar-refractivity contribution in [2.24, 2.45) is 0 Å². The Morgan fingerprint density at radius 3 is 2.22 bits per heavy atom. The molecule has 5 aromatic carbocycles. The van der Waals surface area contributed by atoms with Gasteiger partial charge in [0.2, 0.25) is 0 Å². The molecule has 1 heterocycles. The van der Waals surface area contributed by atoms with Crippen LogP contribution in [0.4, 0.5) is 10.5 Å². The quantitative estimate of drug-likeness (QED) is 0.129. The molecule has 1 N–H and O–H groups in total. The minimum atomic E-state index is -0.848. The van der Waals surface area contributed by atoms with Gasteiger partial charge >= 0.3 is 6.03 Å². The monoisotopic (exact) mass is 700 g/mol. The highest BCUT2D eigenvalue weighted by atomic mass is 79.9. The van der Waals surface area contributed by atoms with Crippen LogP contribution in [0.2, 0.25) is 10.0 Å². The maximum atomic E-state index is 13.7. The predicted molar refractivity (Wildman–Crippen MR) is 179 cm³/mol. The van der Waals surface area contributed by atoms with Crippen molar-refractivity contribution in [2.75, 3.05) is 4.90 Å². The number of hydrogen-bond donors (Lipinski definition) is 1. The third kappa shape index (κ3) is 6.73. The van der Waals surface area contributed by atoms with Crippen molar-refractivity contribution >= 4 is 79.5 Å². The second kappa shape index (κ2) is 13.2. The van der Waals surface area contributed by atoms with Crippen molar-refractivity contribution in [3.63, 3.8) is 0 Å². The first-order valence-electron chi connectivity index (χ1n) is 13.7. The molecule has 1 aliphatic rings. The number of urea groups is 1. The van der Waals surface area contributed by atoms with E-state index < -0.39 is 17.8 Å². The first-order valence-corrected chi connectivity index (χ1v) is 15.3. The van der Waals surface area contributed by atoms with Gasteiger partial charge in [0.15, 0.2) is 0 Å². The van der Waals surface area contributed by atoms with Crippen molar-refractivity contribution in [1.82, 2.24) is 5.32 Å². The van der Waals surface area contributed by atoms with E-state index in [0.717, 1.165) is 31.3 Å². The van der Waals surface area contributed by atoms with E-state index in [-0.39, 0.29) is 17.9 Å². The highest BCUT2D eigenvalue weighted by molar-refractivity contribution is 9.10. The van der Waals surface area contributed by atoms with E-state index in [0.29, 0.717) is 33.7 Å². The van der Waals surface area contributed by atoms with E-state index >= 15 is 0 Å². The molecule has 0 atom stereocenters. The van der Waals surface area contributed by atoms with Gasteiger partial charge in [0.1, 0.15) is 30.3 Å². The molecule has 45 heavy (non-hydrogen) atoms. The zero-order valence-corrected chi connectivity index (χ0v) is 26.5. The molecule has 224 valence electrons. The van der Waals surface area contributed by atoms with Gasteiger partial charge < -0.3 is 9.47 Å². The zero-order chi connectivity index (χ0) is 31.5. The van der Waals surface area contributed by atoms with Gasteiger partial charge in [-0.05, 0) is 82.6 Å². The highest BCUT2D eigenvalue weighted by Crippen LogP contribution is 2.33. The lowest BCUT2D eigenvalue weighted by Crippen LogP contribution is -2.54. The Bertz CT molecular complexity index is 1980. The average molecular weight is 702 g/mol. The number of ether oxygens (including phenoxy) is 2. The fraction of sp³-hybridized carbons (Fsp3) is 0.0571. The maximum absolute atomic E-state index is 13.7. The van der Waals surface area contributed by atoms with Gasteiger partial charge in [-0.3, -0.25) is 14.9 Å². The van der Waals surface area contributed by atoms with Gasteiger partial charge in [0, 0.05) is 10.0 Å². The topological polar surface area (TPSA) is 84.9 Å². The molecule has 4 amide bonds. The smallest absolute Gasteiger partial charge is 0.335 e. The molecule has 0 aromatic heterocycles. The van der Waals surface area contributed by atoms with Gasteiger partial charge in [0.05, 0.1) is 15.7 Å². The second-order valence-corrected chi connectivity index (χ2v) is 11.8. The summed E-state index contributed by atoms with van der Waals surface area (Å²) in [4.78, 5) is 40.6. The number of imide groups is 2. The van der Waals surface area contributed by atoms with Gasteiger partial charge in [-0.2, -0.15) is 0 Å². The van der Waals surface area contributed by atoms with Crippen LogP contribution in [0.15, 0.2) is 113 Å². The molecular formula is C35H23BrCl2N2O5. The molecule has 6 rings (SSSR count). The van der Waals surface area contributed by atoms with Crippen LogP contribution in [0.3, 0.4) is 0 Å². The summed E-state index contributed by atoms with van der Waals surface area (Å²) >= 11 is 15.6. The second-order valence-electron chi connectivity index (χ2n) is 10.1. The Morgan fingerprint density at radius 2 is 1.47 bits per heavy atom. The molecule has 1 fully saturated rings. The number of carbonyl (C=O) groups is 3. The summed E-state index contributed by atoms with van der Waals surface area (Å²) < 4.78 is 13.0. The predicted octanol–water partition coefficient (Wildman–Crippen LogP) is 8.73. The summed E-state index contributed by atoms with van der Waals surface area (Å²) in [5.41, 5.74) is 2.33. The number of barbiturate groups is 1. The summed E-state index contributed by atoms with van der Waals surface area (Å²) in [7, 11) is 0. The number of nitrogens with one attached hydrogen (secondary N) is 1. The molecule has 1 saturated heterocycles. The molecule has 10 heteroatoms. The van der Waals surface area contributed by atoms with Gasteiger partial charge in [0.25, 0.3) is 11.8 Å². The average Bonchev–Trinajstić information content (AvgIpc) is 3.04. The van der Waals surface area contributed by atoms with Crippen molar-refractivity contribution in [1.29, 1.82) is 0 Å². The number of anilines is 1. The first kappa shape index (κ1) is 30.4. The van der Waals surface area contributed by atoms with Crippen molar-refractivity contribution < 1.29 is 23.9 Å². The SMILES string of the molecule is O=C1NC(=O)N(c2ccc(OCc3ccc(Br)cc3)cc2)C(=O)/C1=C/c1c(OCc2ccc(Cl)c(Cl)c2)ccc2ccccc12. The number of amides is 4. The van der Waals surface area contributed by atoms with E-state index in [1.54, 1.807) is 48.5 Å². The molecular weight excluding hydrogens is 679 g/mol. The molecule has 1 aliphatic heterocycles. The molecule has 0 bridgehead atoms. The summed E-state index contributed by atoms with van der Waals surface area (Å²) in [6.07, 6.45) is 1.46. The number of benzene rings is 5. The van der Waals surface area contributed by atoms with E-state index in [2.05, 4.69) is 21.2 Å². The summed E-state index contributed by atoms with van der Waals surface area (Å²) in [5, 5.41) is 4.75. The van der Waals surface area contributed by atoms with Crippen molar-refractivity contribution in [3.8, 4) is 11.5 Å². The third-order valence-electron chi connectivity index (χ3n) is 7.11. The van der Waals surface area contributed by atoms with Crippen LogP contribution in [0.1, 0.15) is 16.7 Å². The first-order chi connectivity index (χ1) is 21.8. The lowest BCUT2D eigenvalue weighted by molar-refractivity contribution is -0.122.